The number of carboxylic acid groups (broad SMARTS) is 3. The van der Waals surface area contributed by atoms with Gasteiger partial charge in [-0.2, -0.15) is 0 Å². The molecule has 84 valence electrons. The monoisotopic (exact) mass is 216 g/mol. The zero-order valence-electron chi connectivity index (χ0n) is 8.14. The van der Waals surface area contributed by atoms with E-state index >= 15 is 0 Å². The van der Waals surface area contributed by atoms with Crippen LogP contribution in [0.25, 0.3) is 0 Å². The Bertz CT molecular complexity index is 289. The van der Waals surface area contributed by atoms with Gasteiger partial charge in [0.2, 0.25) is 0 Å². The van der Waals surface area contributed by atoms with Crippen molar-refractivity contribution in [3.05, 3.63) is 24.3 Å². The van der Waals surface area contributed by atoms with Gasteiger partial charge in [0, 0.05) is 17.7 Å². The number of rotatable bonds is 4. The van der Waals surface area contributed by atoms with Crippen LogP contribution in [0, 0.1) is 0 Å². The molecule has 15 heavy (non-hydrogen) atoms. The maximum absolute atomic E-state index is 10.1. The minimum atomic E-state index is -1.22. The molecule has 0 unspecified atom stereocenters. The van der Waals surface area contributed by atoms with Crippen molar-refractivity contribution in [2.45, 2.75) is 13.3 Å². The zero-order chi connectivity index (χ0) is 12.4. The first-order valence-corrected chi connectivity index (χ1v) is 3.87. The van der Waals surface area contributed by atoms with E-state index in [2.05, 4.69) is 6.58 Å². The van der Waals surface area contributed by atoms with Crippen molar-refractivity contribution in [1.29, 1.82) is 0 Å². The largest absolute Gasteiger partial charge is 0.478 e. The number of carbonyl (C=O) groups is 3. The quantitative estimate of drug-likeness (QED) is 0.598. The summed E-state index contributed by atoms with van der Waals surface area (Å²) in [6, 6.07) is 0. The molecular formula is C9H12O6. The molecule has 0 aliphatic heterocycles. The molecule has 0 rings (SSSR count). The minimum Gasteiger partial charge on any atom is -0.478 e. The maximum Gasteiger partial charge on any atom is 0.331 e. The van der Waals surface area contributed by atoms with Crippen molar-refractivity contribution in [3.8, 4) is 0 Å². The van der Waals surface area contributed by atoms with Gasteiger partial charge in [-0.25, -0.2) is 14.4 Å². The number of aliphatic carboxylic acids is 3. The van der Waals surface area contributed by atoms with Gasteiger partial charge in [0.1, 0.15) is 0 Å². The van der Waals surface area contributed by atoms with Crippen molar-refractivity contribution in [2.75, 3.05) is 0 Å². The van der Waals surface area contributed by atoms with Gasteiger partial charge in [-0.3, -0.25) is 0 Å². The van der Waals surface area contributed by atoms with Crippen LogP contribution in [0.4, 0.5) is 0 Å². The molecule has 6 nitrogen and oxygen atoms in total. The van der Waals surface area contributed by atoms with E-state index in [0.29, 0.717) is 6.08 Å². The first-order chi connectivity index (χ1) is 6.84. The Morgan fingerprint density at radius 2 is 1.53 bits per heavy atom. The molecule has 0 bridgehead atoms. The number of hydrogen-bond acceptors (Lipinski definition) is 3. The van der Waals surface area contributed by atoms with Crippen LogP contribution >= 0.6 is 0 Å². The van der Waals surface area contributed by atoms with Gasteiger partial charge in [0.25, 0.3) is 0 Å². The topological polar surface area (TPSA) is 112 Å². The smallest absolute Gasteiger partial charge is 0.331 e. The summed E-state index contributed by atoms with van der Waals surface area (Å²) in [7, 11) is 0. The minimum absolute atomic E-state index is 0.0903. The molecule has 0 fully saturated rings. The summed E-state index contributed by atoms with van der Waals surface area (Å²) in [6.07, 6.45) is 1.75. The first-order valence-electron chi connectivity index (χ1n) is 3.87. The van der Waals surface area contributed by atoms with Gasteiger partial charge < -0.3 is 15.3 Å². The van der Waals surface area contributed by atoms with Crippen LogP contribution in [-0.4, -0.2) is 33.2 Å². The van der Waals surface area contributed by atoms with Crippen LogP contribution in [0.3, 0.4) is 0 Å². The average molecular weight is 216 g/mol. The SMILES string of the molecule is C=CC(=O)O.CC/C(=C/C(=O)O)C(=O)O. The van der Waals surface area contributed by atoms with Gasteiger partial charge in [0.15, 0.2) is 0 Å². The Kier molecular flexibility index (Phi) is 8.69. The van der Waals surface area contributed by atoms with Crippen LogP contribution in [0.5, 0.6) is 0 Å². The van der Waals surface area contributed by atoms with Gasteiger partial charge in [-0.1, -0.05) is 13.5 Å². The highest BCUT2D eigenvalue weighted by Gasteiger charge is 2.05. The Morgan fingerprint density at radius 3 is 1.60 bits per heavy atom. The highest BCUT2D eigenvalue weighted by Crippen LogP contribution is 1.98. The normalized spacial score (nSPS) is 9.53. The molecule has 0 aromatic rings. The van der Waals surface area contributed by atoms with Crippen LogP contribution in [-0.2, 0) is 14.4 Å². The van der Waals surface area contributed by atoms with Crippen LogP contribution in [0.2, 0.25) is 0 Å². The molecule has 0 aromatic heterocycles. The summed E-state index contributed by atoms with van der Waals surface area (Å²) in [5, 5.41) is 24.0. The molecule has 3 N–H and O–H groups in total. The van der Waals surface area contributed by atoms with E-state index < -0.39 is 17.9 Å². The second-order valence-corrected chi connectivity index (χ2v) is 2.21. The van der Waals surface area contributed by atoms with E-state index in [-0.39, 0.29) is 12.0 Å². The van der Waals surface area contributed by atoms with Gasteiger partial charge in [-0.15, -0.1) is 0 Å². The standard InChI is InChI=1S/C6H8O4.C3H4O2/c1-2-4(6(9)10)3-5(7)8;1-2-3(4)5/h3H,2H2,1H3,(H,7,8)(H,9,10);2H,1H2,(H,4,5)/b4-3-;. The summed E-state index contributed by atoms with van der Waals surface area (Å²) in [6.45, 7) is 4.55. The van der Waals surface area contributed by atoms with E-state index in [1.54, 1.807) is 6.92 Å². The fraction of sp³-hybridized carbons (Fsp3) is 0.222. The Hall–Kier alpha value is -2.11. The van der Waals surface area contributed by atoms with E-state index in [1.807, 2.05) is 0 Å². The molecule has 0 spiro atoms. The Balaban J connectivity index is 0. The first kappa shape index (κ1) is 15.4. The third kappa shape index (κ3) is 11.9. The predicted octanol–water partition coefficient (Wildman–Crippen LogP) is 0.749. The Labute approximate surface area is 86.2 Å². The average Bonchev–Trinajstić information content (AvgIpc) is 2.14. The van der Waals surface area contributed by atoms with Crippen molar-refractivity contribution < 1.29 is 29.7 Å². The molecule has 0 aliphatic rings. The second-order valence-electron chi connectivity index (χ2n) is 2.21. The summed E-state index contributed by atoms with van der Waals surface area (Å²) in [4.78, 5) is 29.3. The van der Waals surface area contributed by atoms with Crippen molar-refractivity contribution in [3.63, 3.8) is 0 Å². The molecule has 0 atom stereocenters. The van der Waals surface area contributed by atoms with E-state index in [1.165, 1.54) is 0 Å². The Morgan fingerprint density at radius 1 is 1.13 bits per heavy atom. The lowest BCUT2D eigenvalue weighted by atomic mass is 10.2. The van der Waals surface area contributed by atoms with E-state index in [4.69, 9.17) is 15.3 Å². The van der Waals surface area contributed by atoms with E-state index in [9.17, 15) is 14.4 Å². The predicted molar refractivity (Wildman–Crippen MR) is 51.5 cm³/mol. The lowest BCUT2D eigenvalue weighted by molar-refractivity contribution is -0.135. The summed E-state index contributed by atoms with van der Waals surface area (Å²) in [5.41, 5.74) is -0.0903. The number of hydrogen-bond donors (Lipinski definition) is 3. The molecule has 0 heterocycles. The lowest BCUT2D eigenvalue weighted by Gasteiger charge is -1.92. The molecule has 0 radical (unpaired) electrons. The molecule has 6 heteroatoms. The third-order valence-corrected chi connectivity index (χ3v) is 1.13. The van der Waals surface area contributed by atoms with Gasteiger partial charge in [0.05, 0.1) is 0 Å². The second kappa shape index (κ2) is 8.49. The van der Waals surface area contributed by atoms with E-state index in [0.717, 1.165) is 6.08 Å². The highest BCUT2D eigenvalue weighted by atomic mass is 16.4. The van der Waals surface area contributed by atoms with Crippen LogP contribution in [0.15, 0.2) is 24.3 Å². The summed E-state index contributed by atoms with van der Waals surface area (Å²) in [5.74, 6) is -3.38. The zero-order valence-corrected chi connectivity index (χ0v) is 8.14. The van der Waals surface area contributed by atoms with Crippen LogP contribution in [0.1, 0.15) is 13.3 Å². The maximum atomic E-state index is 10.1. The van der Waals surface area contributed by atoms with Gasteiger partial charge >= 0.3 is 17.9 Å². The highest BCUT2D eigenvalue weighted by molar-refractivity contribution is 5.94. The third-order valence-electron chi connectivity index (χ3n) is 1.13. The van der Waals surface area contributed by atoms with Gasteiger partial charge in [-0.05, 0) is 6.42 Å². The lowest BCUT2D eigenvalue weighted by Crippen LogP contribution is -2.02. The molecule has 0 aromatic carbocycles. The molecule has 0 saturated carbocycles. The van der Waals surface area contributed by atoms with Crippen molar-refractivity contribution >= 4 is 17.9 Å². The number of carboxylic acids is 3. The van der Waals surface area contributed by atoms with Crippen LogP contribution < -0.4 is 0 Å². The molecular weight excluding hydrogens is 204 g/mol. The fourth-order valence-electron chi connectivity index (χ4n) is 0.464. The summed E-state index contributed by atoms with van der Waals surface area (Å²) < 4.78 is 0. The molecule has 0 amide bonds. The fourth-order valence-corrected chi connectivity index (χ4v) is 0.464. The molecule has 0 saturated heterocycles. The van der Waals surface area contributed by atoms with Crippen molar-refractivity contribution in [1.82, 2.24) is 0 Å². The summed E-state index contributed by atoms with van der Waals surface area (Å²) >= 11 is 0. The van der Waals surface area contributed by atoms with Crippen molar-refractivity contribution in [2.24, 2.45) is 0 Å². The molecule has 0 aliphatic carbocycles.